The molecule has 0 bridgehead atoms. The van der Waals surface area contributed by atoms with Crippen LogP contribution in [0.25, 0.3) is 0 Å². The number of hydrogen-bond acceptors (Lipinski definition) is 2. The molecule has 3 N–H and O–H groups in total. The van der Waals surface area contributed by atoms with Crippen LogP contribution in [0, 0.1) is 0 Å². The lowest BCUT2D eigenvalue weighted by molar-refractivity contribution is -0.137. The third-order valence-electron chi connectivity index (χ3n) is 2.73. The van der Waals surface area contributed by atoms with Crippen molar-refractivity contribution in [1.82, 2.24) is 0 Å². The first-order valence-electron chi connectivity index (χ1n) is 5.42. The smallest absolute Gasteiger partial charge is 0.315 e. The molecule has 1 atom stereocenters. The summed E-state index contributed by atoms with van der Waals surface area (Å²) in [5.74, 6) is -1.58. The van der Waals surface area contributed by atoms with Crippen LogP contribution in [0.15, 0.2) is 53.0 Å². The molecule has 92 valence electrons. The van der Waals surface area contributed by atoms with E-state index in [0.29, 0.717) is 11.3 Å². The normalized spacial score (nSPS) is 12.1. The van der Waals surface area contributed by atoms with Gasteiger partial charge in [-0.2, -0.15) is 0 Å². The zero-order valence-corrected chi connectivity index (χ0v) is 11.1. The zero-order valence-electron chi connectivity index (χ0n) is 9.51. The van der Waals surface area contributed by atoms with Crippen LogP contribution in [0.3, 0.4) is 0 Å². The second-order valence-electron chi connectivity index (χ2n) is 3.96. The van der Waals surface area contributed by atoms with Gasteiger partial charge in [-0.1, -0.05) is 46.3 Å². The molecule has 0 aliphatic carbocycles. The number of nitrogens with two attached hydrogens (primary N) is 1. The number of hydrogen-bond donors (Lipinski definition) is 2. The Hall–Kier alpha value is -1.81. The molecule has 0 aromatic heterocycles. The lowest BCUT2D eigenvalue weighted by Crippen LogP contribution is -2.13. The molecule has 2 rings (SSSR count). The Morgan fingerprint density at radius 3 is 2.28 bits per heavy atom. The number of carbonyl (C=O) groups is 1. The molecular formula is C14H12BrNO2. The number of anilines is 1. The Bertz CT molecular complexity index is 566. The first-order valence-corrected chi connectivity index (χ1v) is 6.21. The first-order chi connectivity index (χ1) is 8.59. The highest BCUT2D eigenvalue weighted by atomic mass is 79.9. The Labute approximate surface area is 113 Å². The maximum Gasteiger partial charge on any atom is 0.315 e. The average Bonchev–Trinajstić information content (AvgIpc) is 2.34. The molecule has 0 fully saturated rings. The van der Waals surface area contributed by atoms with Gasteiger partial charge in [-0.05, 0) is 29.3 Å². The van der Waals surface area contributed by atoms with Crippen LogP contribution in [0.1, 0.15) is 17.0 Å². The molecule has 0 radical (unpaired) electrons. The van der Waals surface area contributed by atoms with Crippen LogP contribution in [-0.4, -0.2) is 11.1 Å². The number of aliphatic carboxylic acids is 1. The third-order valence-corrected chi connectivity index (χ3v) is 3.46. The topological polar surface area (TPSA) is 63.3 Å². The van der Waals surface area contributed by atoms with Crippen molar-refractivity contribution in [3.05, 3.63) is 64.1 Å². The molecule has 1 unspecified atom stereocenters. The molecule has 0 spiro atoms. The minimum Gasteiger partial charge on any atom is -0.481 e. The maximum atomic E-state index is 11.5. The highest BCUT2D eigenvalue weighted by Gasteiger charge is 2.23. The van der Waals surface area contributed by atoms with Crippen LogP contribution >= 0.6 is 15.9 Å². The number of halogens is 1. The van der Waals surface area contributed by atoms with Gasteiger partial charge in [-0.25, -0.2) is 0 Å². The van der Waals surface area contributed by atoms with Gasteiger partial charge in [0.25, 0.3) is 0 Å². The molecule has 3 nitrogen and oxygen atoms in total. The predicted octanol–water partition coefficient (Wildman–Crippen LogP) is 3.25. The van der Waals surface area contributed by atoms with Crippen molar-refractivity contribution in [3.8, 4) is 0 Å². The van der Waals surface area contributed by atoms with E-state index in [1.165, 1.54) is 0 Å². The van der Waals surface area contributed by atoms with E-state index in [9.17, 15) is 9.90 Å². The fourth-order valence-electron chi connectivity index (χ4n) is 1.85. The molecule has 0 amide bonds. The summed E-state index contributed by atoms with van der Waals surface area (Å²) in [6.07, 6.45) is 0. The molecular weight excluding hydrogens is 294 g/mol. The van der Waals surface area contributed by atoms with Gasteiger partial charge >= 0.3 is 5.97 Å². The van der Waals surface area contributed by atoms with E-state index < -0.39 is 11.9 Å². The van der Waals surface area contributed by atoms with Gasteiger partial charge < -0.3 is 10.8 Å². The monoisotopic (exact) mass is 305 g/mol. The van der Waals surface area contributed by atoms with Gasteiger partial charge in [-0.3, -0.25) is 4.79 Å². The van der Waals surface area contributed by atoms with Crippen molar-refractivity contribution in [3.63, 3.8) is 0 Å². The number of carboxylic acids is 1. The van der Waals surface area contributed by atoms with E-state index >= 15 is 0 Å². The van der Waals surface area contributed by atoms with Gasteiger partial charge in [0.2, 0.25) is 0 Å². The fraction of sp³-hybridized carbons (Fsp3) is 0.0714. The van der Waals surface area contributed by atoms with Crippen molar-refractivity contribution in [2.24, 2.45) is 0 Å². The van der Waals surface area contributed by atoms with E-state index in [1.54, 1.807) is 30.3 Å². The predicted molar refractivity (Wildman–Crippen MR) is 74.5 cm³/mol. The van der Waals surface area contributed by atoms with Crippen molar-refractivity contribution >= 4 is 27.6 Å². The largest absolute Gasteiger partial charge is 0.481 e. The van der Waals surface area contributed by atoms with Gasteiger partial charge in [-0.15, -0.1) is 0 Å². The number of nitrogen functional groups attached to an aromatic ring is 1. The minimum atomic E-state index is -0.883. The Morgan fingerprint density at radius 2 is 1.72 bits per heavy atom. The molecule has 2 aromatic rings. The van der Waals surface area contributed by atoms with Crippen LogP contribution in [0.2, 0.25) is 0 Å². The van der Waals surface area contributed by atoms with Gasteiger partial charge in [0, 0.05) is 10.2 Å². The average molecular weight is 306 g/mol. The van der Waals surface area contributed by atoms with Crippen LogP contribution < -0.4 is 5.73 Å². The number of rotatable bonds is 3. The molecule has 0 heterocycles. The van der Waals surface area contributed by atoms with E-state index in [0.717, 1.165) is 10.0 Å². The van der Waals surface area contributed by atoms with E-state index in [2.05, 4.69) is 15.9 Å². The van der Waals surface area contributed by atoms with Crippen molar-refractivity contribution < 1.29 is 9.90 Å². The quantitative estimate of drug-likeness (QED) is 0.856. The van der Waals surface area contributed by atoms with Crippen LogP contribution in [0.4, 0.5) is 5.69 Å². The highest BCUT2D eigenvalue weighted by molar-refractivity contribution is 9.10. The molecule has 18 heavy (non-hydrogen) atoms. The summed E-state index contributed by atoms with van der Waals surface area (Å²) in [5, 5.41) is 9.42. The summed E-state index contributed by atoms with van der Waals surface area (Å²) in [6.45, 7) is 0. The summed E-state index contributed by atoms with van der Waals surface area (Å²) in [7, 11) is 0. The molecule has 2 aromatic carbocycles. The summed E-state index contributed by atoms with van der Waals surface area (Å²) in [6, 6.07) is 14.2. The lowest BCUT2D eigenvalue weighted by Gasteiger charge is -2.15. The molecule has 0 aliphatic rings. The summed E-state index contributed by atoms with van der Waals surface area (Å²) in [5.41, 5.74) is 7.68. The fourth-order valence-corrected chi connectivity index (χ4v) is 2.37. The first kappa shape index (κ1) is 12.6. The molecule has 0 saturated carbocycles. The minimum absolute atomic E-state index is 0.620. The van der Waals surface area contributed by atoms with Gasteiger partial charge in [0.15, 0.2) is 0 Å². The van der Waals surface area contributed by atoms with Crippen LogP contribution in [0.5, 0.6) is 0 Å². The third kappa shape index (κ3) is 2.54. The number of carboxylic acid groups (broad SMARTS) is 1. The van der Waals surface area contributed by atoms with Gasteiger partial charge in [0.1, 0.15) is 5.92 Å². The van der Waals surface area contributed by atoms with Crippen molar-refractivity contribution in [2.45, 2.75) is 5.92 Å². The molecule has 0 saturated heterocycles. The Kier molecular flexibility index (Phi) is 3.67. The van der Waals surface area contributed by atoms with E-state index in [-0.39, 0.29) is 0 Å². The molecule has 4 heteroatoms. The summed E-state index contributed by atoms with van der Waals surface area (Å²) in [4.78, 5) is 11.5. The van der Waals surface area contributed by atoms with E-state index in [1.807, 2.05) is 18.2 Å². The second-order valence-corrected chi connectivity index (χ2v) is 4.81. The standard InChI is InChI=1S/C14H12BrNO2/c15-12-4-2-1-3-11(12)13(14(17)18)9-5-7-10(16)8-6-9/h1-8,13H,16H2,(H,17,18). The lowest BCUT2D eigenvalue weighted by atomic mass is 9.91. The van der Waals surface area contributed by atoms with Crippen LogP contribution in [-0.2, 0) is 4.79 Å². The number of benzene rings is 2. The van der Waals surface area contributed by atoms with Crippen molar-refractivity contribution in [1.29, 1.82) is 0 Å². The zero-order chi connectivity index (χ0) is 13.1. The van der Waals surface area contributed by atoms with Crippen molar-refractivity contribution in [2.75, 3.05) is 5.73 Å². The second kappa shape index (κ2) is 5.23. The Morgan fingerprint density at radius 1 is 1.11 bits per heavy atom. The summed E-state index contributed by atoms with van der Waals surface area (Å²) < 4.78 is 0.786. The Balaban J connectivity index is 2.50. The highest BCUT2D eigenvalue weighted by Crippen LogP contribution is 2.31. The maximum absolute atomic E-state index is 11.5. The summed E-state index contributed by atoms with van der Waals surface area (Å²) >= 11 is 3.39. The molecule has 0 aliphatic heterocycles. The SMILES string of the molecule is Nc1ccc(C(C(=O)O)c2ccccc2Br)cc1. The van der Waals surface area contributed by atoms with Gasteiger partial charge in [0.05, 0.1) is 0 Å². The van der Waals surface area contributed by atoms with E-state index in [4.69, 9.17) is 5.73 Å².